The zero-order chi connectivity index (χ0) is 17.1. The fraction of sp³-hybridized carbons (Fsp3) is 0.111. The van der Waals surface area contributed by atoms with Gasteiger partial charge in [0.1, 0.15) is 23.5 Å². The largest absolute Gasteiger partial charge is 0.493 e. The number of benzene rings is 2. The van der Waals surface area contributed by atoms with Gasteiger partial charge in [0.2, 0.25) is 0 Å². The lowest BCUT2D eigenvalue weighted by Gasteiger charge is -2.06. The van der Waals surface area contributed by atoms with E-state index in [1.807, 2.05) is 25.1 Å². The topological polar surface area (TPSA) is 61.7 Å². The second-order valence-electron chi connectivity index (χ2n) is 5.04. The van der Waals surface area contributed by atoms with Gasteiger partial charge in [-0.25, -0.2) is 9.37 Å². The van der Waals surface area contributed by atoms with Gasteiger partial charge in [-0.1, -0.05) is 6.07 Å². The van der Waals surface area contributed by atoms with Crippen molar-refractivity contribution in [2.24, 2.45) is 0 Å². The lowest BCUT2D eigenvalue weighted by molar-refractivity contribution is 0.338. The minimum Gasteiger partial charge on any atom is -0.493 e. The Hall–Kier alpha value is -2.65. The molecule has 1 N–H and O–H groups in total. The molecule has 0 unspecified atom stereocenters. The van der Waals surface area contributed by atoms with Crippen LogP contribution in [0.3, 0.4) is 0 Å². The number of hydrogen-bond donors (Lipinski definition) is 1. The van der Waals surface area contributed by atoms with Crippen LogP contribution in [0.4, 0.5) is 4.39 Å². The molecule has 3 rings (SSSR count). The van der Waals surface area contributed by atoms with E-state index in [-0.39, 0.29) is 5.82 Å². The molecule has 1 aromatic heterocycles. The van der Waals surface area contributed by atoms with E-state index in [1.54, 1.807) is 12.1 Å². The van der Waals surface area contributed by atoms with Crippen molar-refractivity contribution in [3.05, 3.63) is 58.1 Å². The molecule has 0 aliphatic carbocycles. The lowest BCUT2D eigenvalue weighted by atomic mass is 10.1. The van der Waals surface area contributed by atoms with E-state index in [0.29, 0.717) is 29.0 Å². The molecule has 0 bridgehead atoms. The summed E-state index contributed by atoms with van der Waals surface area (Å²) in [5, 5.41) is 9.44. The molecule has 3 aromatic rings. The normalized spacial score (nSPS) is 11.5. The van der Waals surface area contributed by atoms with Gasteiger partial charge in [0.05, 0.1) is 27.7 Å². The fourth-order valence-electron chi connectivity index (χ4n) is 2.31. The number of nitriles is 1. The van der Waals surface area contributed by atoms with Gasteiger partial charge in [-0.15, -0.1) is 0 Å². The number of H-pyrrole nitrogens is 1. The first-order valence-electron chi connectivity index (χ1n) is 7.30. The summed E-state index contributed by atoms with van der Waals surface area (Å²) < 4.78 is 19.6. The number of nitrogens with one attached hydrogen (secondary N) is 1. The zero-order valence-corrected chi connectivity index (χ0v) is 14.4. The molecule has 0 saturated carbocycles. The Labute approximate surface area is 146 Å². The summed E-state index contributed by atoms with van der Waals surface area (Å²) in [7, 11) is 0. The predicted molar refractivity (Wildman–Crippen MR) is 94.8 cm³/mol. The van der Waals surface area contributed by atoms with E-state index in [0.717, 1.165) is 15.8 Å². The maximum Gasteiger partial charge on any atom is 0.149 e. The van der Waals surface area contributed by atoms with Crippen LogP contribution in [0.2, 0.25) is 0 Å². The van der Waals surface area contributed by atoms with Crippen molar-refractivity contribution in [2.75, 3.05) is 6.61 Å². The summed E-state index contributed by atoms with van der Waals surface area (Å²) in [4.78, 5) is 7.32. The second-order valence-corrected chi connectivity index (χ2v) is 5.89. The van der Waals surface area contributed by atoms with Crippen LogP contribution in [0, 0.1) is 17.1 Å². The molecular formula is C18H13BrFN3O. The van der Waals surface area contributed by atoms with Gasteiger partial charge >= 0.3 is 0 Å². The Kier molecular flexibility index (Phi) is 4.63. The van der Waals surface area contributed by atoms with E-state index in [4.69, 9.17) is 4.74 Å². The van der Waals surface area contributed by atoms with Gasteiger partial charge in [0.15, 0.2) is 0 Å². The molecule has 0 radical (unpaired) electrons. The van der Waals surface area contributed by atoms with Crippen LogP contribution < -0.4 is 4.74 Å². The second kappa shape index (κ2) is 6.85. The maximum atomic E-state index is 13.3. The Morgan fingerprint density at radius 3 is 2.92 bits per heavy atom. The Morgan fingerprint density at radius 1 is 1.38 bits per heavy atom. The van der Waals surface area contributed by atoms with E-state index >= 15 is 0 Å². The molecule has 0 saturated heterocycles. The highest BCUT2D eigenvalue weighted by Crippen LogP contribution is 2.28. The summed E-state index contributed by atoms with van der Waals surface area (Å²) in [6, 6.07) is 12.0. The molecule has 0 atom stereocenters. The minimum atomic E-state index is -0.351. The molecule has 0 spiro atoms. The predicted octanol–water partition coefficient (Wildman–Crippen LogP) is 4.93. The number of ether oxygens (including phenoxy) is 1. The van der Waals surface area contributed by atoms with Crippen molar-refractivity contribution >= 4 is 38.6 Å². The number of hydrogen-bond acceptors (Lipinski definition) is 3. The van der Waals surface area contributed by atoms with Crippen LogP contribution in [-0.4, -0.2) is 16.6 Å². The first-order chi connectivity index (χ1) is 11.6. The first kappa shape index (κ1) is 16.2. The Bertz CT molecular complexity index is 972. The highest BCUT2D eigenvalue weighted by molar-refractivity contribution is 9.10. The van der Waals surface area contributed by atoms with Crippen LogP contribution >= 0.6 is 15.9 Å². The van der Waals surface area contributed by atoms with Gasteiger partial charge < -0.3 is 9.72 Å². The van der Waals surface area contributed by atoms with Crippen molar-refractivity contribution in [3.63, 3.8) is 0 Å². The number of aromatic nitrogens is 2. The van der Waals surface area contributed by atoms with Crippen LogP contribution in [0.15, 0.2) is 40.9 Å². The third kappa shape index (κ3) is 3.31. The maximum absolute atomic E-state index is 13.3. The van der Waals surface area contributed by atoms with Crippen molar-refractivity contribution in [2.45, 2.75) is 6.92 Å². The highest BCUT2D eigenvalue weighted by Gasteiger charge is 2.09. The van der Waals surface area contributed by atoms with E-state index in [9.17, 15) is 9.65 Å². The van der Waals surface area contributed by atoms with Crippen molar-refractivity contribution in [1.29, 1.82) is 5.26 Å². The minimum absolute atomic E-state index is 0.351. The molecule has 6 heteroatoms. The van der Waals surface area contributed by atoms with Crippen molar-refractivity contribution < 1.29 is 9.13 Å². The molecule has 24 heavy (non-hydrogen) atoms. The number of rotatable bonds is 4. The van der Waals surface area contributed by atoms with Gasteiger partial charge in [0, 0.05) is 0 Å². The molecule has 0 aliphatic rings. The molecule has 0 fully saturated rings. The monoisotopic (exact) mass is 385 g/mol. The number of nitrogens with zero attached hydrogens (tertiary/aromatic N) is 2. The number of fused-ring (bicyclic) bond motifs is 1. The Balaban J connectivity index is 1.99. The summed E-state index contributed by atoms with van der Waals surface area (Å²) >= 11 is 3.45. The molecule has 4 nitrogen and oxygen atoms in total. The van der Waals surface area contributed by atoms with Gasteiger partial charge in [-0.2, -0.15) is 5.26 Å². The molecule has 120 valence electrons. The van der Waals surface area contributed by atoms with Crippen molar-refractivity contribution in [1.82, 2.24) is 9.97 Å². The number of imidazole rings is 1. The molecular weight excluding hydrogens is 373 g/mol. The van der Waals surface area contributed by atoms with Gasteiger partial charge in [-0.05, 0) is 64.8 Å². The fourth-order valence-corrected chi connectivity index (χ4v) is 2.82. The van der Waals surface area contributed by atoms with E-state index < -0.39 is 0 Å². The third-order valence-electron chi connectivity index (χ3n) is 3.39. The van der Waals surface area contributed by atoms with Crippen molar-refractivity contribution in [3.8, 4) is 11.8 Å². The number of halogens is 2. The molecule has 0 amide bonds. The van der Waals surface area contributed by atoms with Crippen LogP contribution in [-0.2, 0) is 0 Å². The standard InChI is InChI=1S/C18H13BrFN3O/c1-2-24-17-6-3-11(8-14(17)19)7-12(10-21)18-22-15-5-4-13(20)9-16(15)23-18/h3-9H,2H2,1H3,(H,22,23)/b12-7-. The summed E-state index contributed by atoms with van der Waals surface area (Å²) in [5.41, 5.74) is 2.36. The first-order valence-corrected chi connectivity index (χ1v) is 8.10. The van der Waals surface area contributed by atoms with E-state index in [1.165, 1.54) is 12.1 Å². The molecule has 2 aromatic carbocycles. The quantitative estimate of drug-likeness (QED) is 0.647. The lowest BCUT2D eigenvalue weighted by Crippen LogP contribution is -1.92. The van der Waals surface area contributed by atoms with Crippen LogP contribution in [0.25, 0.3) is 22.7 Å². The van der Waals surface area contributed by atoms with Crippen LogP contribution in [0.5, 0.6) is 5.75 Å². The highest BCUT2D eigenvalue weighted by atomic mass is 79.9. The Morgan fingerprint density at radius 2 is 2.21 bits per heavy atom. The average Bonchev–Trinajstić information content (AvgIpc) is 2.98. The number of allylic oxidation sites excluding steroid dienone is 1. The van der Waals surface area contributed by atoms with Crippen LogP contribution in [0.1, 0.15) is 18.3 Å². The average molecular weight is 386 g/mol. The van der Waals surface area contributed by atoms with E-state index in [2.05, 4.69) is 32.0 Å². The molecule has 0 aliphatic heterocycles. The van der Waals surface area contributed by atoms with Gasteiger partial charge in [0.25, 0.3) is 0 Å². The SMILES string of the molecule is CCOc1ccc(/C=C(/C#N)c2nc3ccc(F)cc3[nH]2)cc1Br. The smallest absolute Gasteiger partial charge is 0.149 e. The summed E-state index contributed by atoms with van der Waals surface area (Å²) in [6.07, 6.45) is 1.72. The zero-order valence-electron chi connectivity index (χ0n) is 12.8. The van der Waals surface area contributed by atoms with Gasteiger partial charge in [-0.3, -0.25) is 0 Å². The number of aromatic amines is 1. The molecule has 1 heterocycles. The summed E-state index contributed by atoms with van der Waals surface area (Å²) in [5.74, 6) is 0.797. The summed E-state index contributed by atoms with van der Waals surface area (Å²) in [6.45, 7) is 2.49. The third-order valence-corrected chi connectivity index (χ3v) is 4.01.